The third-order valence-corrected chi connectivity index (χ3v) is 11.8. The molecule has 0 radical (unpaired) electrons. The van der Waals surface area contributed by atoms with Gasteiger partial charge in [-0.1, -0.05) is 0 Å². The van der Waals surface area contributed by atoms with Crippen LogP contribution in [-0.2, 0) is 14.3 Å². The van der Waals surface area contributed by atoms with E-state index < -0.39 is 27.4 Å². The summed E-state index contributed by atoms with van der Waals surface area (Å²) < 4.78 is 12.3. The minimum atomic E-state index is -2.83. The van der Waals surface area contributed by atoms with Crippen molar-refractivity contribution in [2.75, 3.05) is 14.2 Å². The summed E-state index contributed by atoms with van der Waals surface area (Å²) in [7, 11) is 2.88. The monoisotopic (exact) mass is 348 g/mol. The molecule has 0 fully saturated rings. The molecule has 1 aromatic carbocycles. The van der Waals surface area contributed by atoms with Gasteiger partial charge in [-0.15, -0.1) is 0 Å². The Hall–Kier alpha value is -1.36. The second kappa shape index (κ2) is 5.52. The van der Waals surface area contributed by atoms with Crippen LogP contribution in [0.2, 0.25) is 0 Å². The van der Waals surface area contributed by atoms with Gasteiger partial charge in [-0.2, -0.15) is 0 Å². The van der Waals surface area contributed by atoms with E-state index in [1.54, 1.807) is 13.2 Å². The fourth-order valence-electron chi connectivity index (χ4n) is 2.07. The van der Waals surface area contributed by atoms with Crippen molar-refractivity contribution in [3.05, 3.63) is 49.0 Å². The molecule has 5 heteroatoms. The van der Waals surface area contributed by atoms with E-state index in [0.29, 0.717) is 3.33 Å². The molecule has 0 atom stereocenters. The van der Waals surface area contributed by atoms with Gasteiger partial charge in [0.05, 0.1) is 0 Å². The van der Waals surface area contributed by atoms with Gasteiger partial charge in [-0.3, -0.25) is 0 Å². The van der Waals surface area contributed by atoms with E-state index >= 15 is 0 Å². The van der Waals surface area contributed by atoms with Crippen LogP contribution in [0.5, 0.6) is 0 Å². The Kier molecular flexibility index (Phi) is 4.01. The molecule has 1 aromatic rings. The Balaban J connectivity index is 2.47. The second-order valence-corrected chi connectivity index (χ2v) is 11.5. The number of ether oxygens (including phenoxy) is 2. The number of hydrogen-bond acceptors (Lipinski definition) is 4. The fraction of sp³-hybridized carbons (Fsp3) is 0.154. The fourth-order valence-corrected chi connectivity index (χ4v) is 10.2. The van der Waals surface area contributed by atoms with E-state index in [0.717, 1.165) is 6.84 Å². The van der Waals surface area contributed by atoms with Gasteiger partial charge in [0, 0.05) is 0 Å². The van der Waals surface area contributed by atoms with E-state index in [2.05, 4.69) is 0 Å². The molecule has 0 aliphatic carbocycles. The Morgan fingerprint density at radius 3 is 2.44 bits per heavy atom. The van der Waals surface area contributed by atoms with E-state index in [-0.39, 0.29) is 5.76 Å². The van der Waals surface area contributed by atoms with Gasteiger partial charge in [0.25, 0.3) is 0 Å². The predicted molar refractivity (Wildman–Crippen MR) is 68.6 cm³/mol. The number of aliphatic hydroxyl groups is 1. The van der Waals surface area contributed by atoms with E-state index in [1.165, 1.54) is 7.11 Å². The van der Waals surface area contributed by atoms with Crippen molar-refractivity contribution in [2.45, 2.75) is 0 Å². The van der Waals surface area contributed by atoms with Crippen LogP contribution in [0, 0.1) is 0 Å². The first-order valence-corrected chi connectivity index (χ1v) is 10.4. The predicted octanol–water partition coefficient (Wildman–Crippen LogP) is 0.996. The van der Waals surface area contributed by atoms with Gasteiger partial charge >= 0.3 is 113 Å². The molecule has 0 aromatic heterocycles. The molecular weight excluding hydrogens is 335 g/mol. The molecule has 92 valence electrons. The third kappa shape index (κ3) is 2.27. The Morgan fingerprint density at radius 2 is 1.89 bits per heavy atom. The summed E-state index contributed by atoms with van der Waals surface area (Å²) in [5.74, 6) is -0.469. The molecule has 1 N–H and O–H groups in total. The molecule has 0 unspecified atom stereocenters. The van der Waals surface area contributed by atoms with Crippen molar-refractivity contribution < 1.29 is 19.4 Å². The molecular formula is C13H13InO4. The first kappa shape index (κ1) is 13.1. The average molecular weight is 348 g/mol. The van der Waals surface area contributed by atoms with Gasteiger partial charge in [0.1, 0.15) is 0 Å². The summed E-state index contributed by atoms with van der Waals surface area (Å²) in [4.78, 5) is 11.8. The van der Waals surface area contributed by atoms with E-state index in [4.69, 9.17) is 9.47 Å². The van der Waals surface area contributed by atoms with Crippen molar-refractivity contribution in [3.63, 3.8) is 0 Å². The molecule has 0 amide bonds. The molecule has 0 saturated heterocycles. The SMILES string of the molecule is COC(=O)[C]1=C(O)C=[C](OC)[In]1[c]1ccccc1. The summed E-state index contributed by atoms with van der Waals surface area (Å²) in [6.45, 7) is 0. The van der Waals surface area contributed by atoms with Crippen molar-refractivity contribution in [3.8, 4) is 0 Å². The molecule has 4 nitrogen and oxygen atoms in total. The van der Waals surface area contributed by atoms with Crippen molar-refractivity contribution in [1.29, 1.82) is 0 Å². The number of carbonyl (C=O) groups excluding carboxylic acids is 1. The van der Waals surface area contributed by atoms with Crippen molar-refractivity contribution >= 4 is 30.7 Å². The van der Waals surface area contributed by atoms with Crippen LogP contribution >= 0.6 is 0 Å². The zero-order valence-electron chi connectivity index (χ0n) is 10.2. The van der Waals surface area contributed by atoms with Crippen LogP contribution in [0.3, 0.4) is 0 Å². The maximum absolute atomic E-state index is 11.8. The molecule has 18 heavy (non-hydrogen) atoms. The van der Waals surface area contributed by atoms with Crippen molar-refractivity contribution in [1.82, 2.24) is 0 Å². The maximum atomic E-state index is 11.8. The van der Waals surface area contributed by atoms with E-state index in [1.807, 2.05) is 30.3 Å². The van der Waals surface area contributed by atoms with Gasteiger partial charge in [0.15, 0.2) is 0 Å². The quantitative estimate of drug-likeness (QED) is 0.829. The van der Waals surface area contributed by atoms with E-state index in [9.17, 15) is 9.90 Å². The van der Waals surface area contributed by atoms with Crippen LogP contribution in [-0.4, -0.2) is 46.7 Å². The van der Waals surface area contributed by atoms with Crippen molar-refractivity contribution in [2.24, 2.45) is 0 Å². The number of rotatable bonds is 3. The number of esters is 1. The Bertz CT molecular complexity index is 519. The summed E-state index contributed by atoms with van der Waals surface area (Å²) in [6, 6.07) is 9.69. The number of carbonyl (C=O) groups is 1. The zero-order chi connectivity index (χ0) is 13.1. The van der Waals surface area contributed by atoms with Crippen LogP contribution in [0.25, 0.3) is 0 Å². The summed E-state index contributed by atoms with van der Waals surface area (Å²) in [6.07, 6.45) is 1.54. The summed E-state index contributed by atoms with van der Waals surface area (Å²) in [5, 5.41) is 9.90. The number of benzene rings is 1. The minimum absolute atomic E-state index is 0.0108. The van der Waals surface area contributed by atoms with Crippen LogP contribution in [0.1, 0.15) is 0 Å². The topological polar surface area (TPSA) is 55.8 Å². The first-order valence-electron chi connectivity index (χ1n) is 5.51. The van der Waals surface area contributed by atoms with Crippen LogP contribution < -0.4 is 3.32 Å². The van der Waals surface area contributed by atoms with Crippen LogP contribution in [0.15, 0.2) is 49.0 Å². The number of allylic oxidation sites excluding steroid dienone is 1. The Morgan fingerprint density at radius 1 is 1.22 bits per heavy atom. The Labute approximate surface area is 113 Å². The first-order chi connectivity index (χ1) is 8.69. The average Bonchev–Trinajstić information content (AvgIpc) is 2.75. The van der Waals surface area contributed by atoms with Gasteiger partial charge in [0.2, 0.25) is 0 Å². The molecule has 1 aliphatic heterocycles. The molecule has 0 saturated carbocycles. The summed E-state index contributed by atoms with van der Waals surface area (Å²) >= 11 is -2.83. The molecule has 0 spiro atoms. The third-order valence-electron chi connectivity index (χ3n) is 2.90. The van der Waals surface area contributed by atoms with Gasteiger partial charge in [-0.05, 0) is 0 Å². The van der Waals surface area contributed by atoms with Gasteiger partial charge < -0.3 is 0 Å². The summed E-state index contributed by atoms with van der Waals surface area (Å²) in [5.41, 5.74) is 0. The number of methoxy groups -OCH3 is 2. The standard InChI is InChI=1S/C7H8O4.C6H5.In/c1-10-4-3-6(8)5-7(9)11-2;1-2-4-6-5-3-1;/h3,8H,1-2H3;1-5H;. The normalized spacial score (nSPS) is 14.6. The van der Waals surface area contributed by atoms with Crippen LogP contribution in [0.4, 0.5) is 0 Å². The second-order valence-electron chi connectivity index (χ2n) is 3.89. The molecule has 0 bridgehead atoms. The molecule has 2 rings (SSSR count). The molecule has 1 aliphatic rings. The number of hydrogen-bond donors (Lipinski definition) is 1. The molecule has 1 heterocycles. The zero-order valence-corrected chi connectivity index (χ0v) is 13.5. The number of aliphatic hydroxyl groups excluding tert-OH is 1. The van der Waals surface area contributed by atoms with Gasteiger partial charge in [-0.25, -0.2) is 0 Å².